The van der Waals surface area contributed by atoms with E-state index in [4.69, 9.17) is 11.5 Å². The number of hydrogen-bond donors (Lipinski definition) is 3. The van der Waals surface area contributed by atoms with E-state index in [9.17, 15) is 5.11 Å². The summed E-state index contributed by atoms with van der Waals surface area (Å²) in [4.78, 5) is 8.72. The second-order valence-corrected chi connectivity index (χ2v) is 6.35. The predicted molar refractivity (Wildman–Crippen MR) is 93.9 cm³/mol. The number of benzene rings is 1. The third-order valence-electron chi connectivity index (χ3n) is 4.81. The molecule has 122 valence electrons. The Hall–Kier alpha value is -2.66. The third kappa shape index (κ3) is 2.12. The topological polar surface area (TPSA) is 97.5 Å². The van der Waals surface area contributed by atoms with Gasteiger partial charge in [-0.05, 0) is 61.1 Å². The maximum atomic E-state index is 9.65. The second-order valence-electron chi connectivity index (χ2n) is 6.35. The van der Waals surface area contributed by atoms with Crippen molar-refractivity contribution in [2.24, 2.45) is 10.7 Å². The molecule has 5 nitrogen and oxygen atoms in total. The van der Waals surface area contributed by atoms with E-state index in [1.807, 2.05) is 0 Å². The van der Waals surface area contributed by atoms with E-state index in [1.54, 1.807) is 12.3 Å². The molecule has 0 amide bonds. The number of nitrogens with two attached hydrogens (primary N) is 2. The van der Waals surface area contributed by atoms with E-state index < -0.39 is 0 Å². The zero-order valence-electron chi connectivity index (χ0n) is 13.6. The third-order valence-corrected chi connectivity index (χ3v) is 4.81. The summed E-state index contributed by atoms with van der Waals surface area (Å²) in [5.74, 6) is -0.00955. The SMILES string of the molecule is Cc1cc(N)c(CCCN)c2c1CC=C1N=c3cc(O)ncc3=C12. The number of allylic oxidation sites excluding steroid dienone is 2. The molecular formula is C19H20N4O. The van der Waals surface area contributed by atoms with Gasteiger partial charge in [0.05, 0.1) is 11.1 Å². The maximum Gasteiger partial charge on any atom is 0.212 e. The first kappa shape index (κ1) is 14.9. The lowest BCUT2D eigenvalue weighted by Crippen LogP contribution is -2.25. The Labute approximate surface area is 140 Å². The first-order chi connectivity index (χ1) is 11.6. The Bertz CT molecular complexity index is 1010. The predicted octanol–water partition coefficient (Wildman–Crippen LogP) is 0.841. The molecule has 1 aromatic heterocycles. The molecule has 0 fully saturated rings. The monoisotopic (exact) mass is 320 g/mol. The number of fused-ring (bicyclic) bond motifs is 4. The van der Waals surface area contributed by atoms with Gasteiger partial charge in [0.25, 0.3) is 0 Å². The number of rotatable bonds is 3. The number of nitrogens with zero attached hydrogens (tertiary/aromatic N) is 2. The molecule has 0 saturated carbocycles. The van der Waals surface area contributed by atoms with Gasteiger partial charge in [-0.3, -0.25) is 0 Å². The molecule has 1 aliphatic heterocycles. The van der Waals surface area contributed by atoms with Crippen molar-refractivity contribution in [2.75, 3.05) is 12.3 Å². The zero-order chi connectivity index (χ0) is 16.8. The van der Waals surface area contributed by atoms with Crippen molar-refractivity contribution >= 4 is 11.3 Å². The first-order valence-corrected chi connectivity index (χ1v) is 8.20. The zero-order valence-corrected chi connectivity index (χ0v) is 13.6. The Kier molecular flexibility index (Phi) is 3.39. The summed E-state index contributed by atoms with van der Waals surface area (Å²) in [6, 6.07) is 3.67. The van der Waals surface area contributed by atoms with Gasteiger partial charge >= 0.3 is 0 Å². The quantitative estimate of drug-likeness (QED) is 0.730. The van der Waals surface area contributed by atoms with Gasteiger partial charge in [0.2, 0.25) is 5.88 Å². The summed E-state index contributed by atoms with van der Waals surface area (Å²) in [6.45, 7) is 2.74. The van der Waals surface area contributed by atoms with Crippen LogP contribution in [0.15, 0.2) is 35.1 Å². The molecule has 2 heterocycles. The van der Waals surface area contributed by atoms with Crippen molar-refractivity contribution in [1.29, 1.82) is 0 Å². The van der Waals surface area contributed by atoms with Crippen molar-refractivity contribution in [1.82, 2.24) is 4.98 Å². The molecule has 0 unspecified atom stereocenters. The second kappa shape index (κ2) is 5.46. The minimum atomic E-state index is -0.00955. The van der Waals surface area contributed by atoms with Crippen LogP contribution in [0.25, 0.3) is 5.57 Å². The Balaban J connectivity index is 2.07. The van der Waals surface area contributed by atoms with Gasteiger partial charge in [-0.1, -0.05) is 6.08 Å². The largest absolute Gasteiger partial charge is 0.493 e. The number of hydrogen-bond acceptors (Lipinski definition) is 5. The summed E-state index contributed by atoms with van der Waals surface area (Å²) in [5, 5.41) is 11.4. The molecule has 4 rings (SSSR count). The molecular weight excluding hydrogens is 300 g/mol. The van der Waals surface area contributed by atoms with Crippen LogP contribution in [-0.4, -0.2) is 16.6 Å². The molecule has 0 atom stereocenters. The van der Waals surface area contributed by atoms with Gasteiger partial charge in [0.15, 0.2) is 0 Å². The van der Waals surface area contributed by atoms with Crippen molar-refractivity contribution in [2.45, 2.75) is 26.2 Å². The highest BCUT2D eigenvalue weighted by Gasteiger charge is 2.26. The van der Waals surface area contributed by atoms with Crippen molar-refractivity contribution in [3.8, 4) is 5.88 Å². The number of pyridine rings is 1. The molecule has 0 saturated heterocycles. The van der Waals surface area contributed by atoms with Crippen LogP contribution >= 0.6 is 0 Å². The Morgan fingerprint density at radius 2 is 2.12 bits per heavy atom. The van der Waals surface area contributed by atoms with E-state index in [2.05, 4.69) is 29.0 Å². The molecule has 2 aliphatic rings. The number of nitrogen functional groups attached to an aromatic ring is 1. The van der Waals surface area contributed by atoms with Crippen LogP contribution < -0.4 is 22.0 Å². The van der Waals surface area contributed by atoms with Crippen LogP contribution in [0.5, 0.6) is 5.88 Å². The molecule has 1 aromatic carbocycles. The molecule has 5 N–H and O–H groups in total. The van der Waals surface area contributed by atoms with Gasteiger partial charge in [0, 0.05) is 28.7 Å². The molecule has 5 heteroatoms. The number of aryl methyl sites for hydroxylation is 1. The standard InChI is InChI=1S/C19H20N4O/c1-10-7-14(21)12(3-2-6-20)18-11(10)4-5-15-19(18)13-9-22-17(24)8-16(13)23-15/h5,7-9,24H,2-4,6,20-21H2,1H3. The van der Waals surface area contributed by atoms with Crippen LogP contribution in [0.3, 0.4) is 0 Å². The molecule has 0 bridgehead atoms. The van der Waals surface area contributed by atoms with Crippen LogP contribution in [0.1, 0.15) is 28.7 Å². The molecule has 1 aliphatic carbocycles. The fourth-order valence-electron chi connectivity index (χ4n) is 3.70. The summed E-state index contributed by atoms with van der Waals surface area (Å²) < 4.78 is 0. The average Bonchev–Trinajstić information content (AvgIpc) is 2.91. The maximum absolute atomic E-state index is 9.65. The summed E-state index contributed by atoms with van der Waals surface area (Å²) in [6.07, 6.45) is 6.43. The van der Waals surface area contributed by atoms with Crippen LogP contribution in [0.4, 0.5) is 5.69 Å². The minimum Gasteiger partial charge on any atom is -0.493 e. The van der Waals surface area contributed by atoms with Gasteiger partial charge in [-0.25, -0.2) is 9.98 Å². The smallest absolute Gasteiger partial charge is 0.212 e. The van der Waals surface area contributed by atoms with E-state index in [0.717, 1.165) is 52.4 Å². The highest BCUT2D eigenvalue weighted by molar-refractivity contribution is 5.87. The van der Waals surface area contributed by atoms with Crippen molar-refractivity contribution in [3.63, 3.8) is 0 Å². The van der Waals surface area contributed by atoms with Gasteiger partial charge in [0.1, 0.15) is 0 Å². The first-order valence-electron chi connectivity index (χ1n) is 8.20. The highest BCUT2D eigenvalue weighted by Crippen LogP contribution is 2.38. The summed E-state index contributed by atoms with van der Waals surface area (Å²) in [7, 11) is 0. The highest BCUT2D eigenvalue weighted by atomic mass is 16.3. The van der Waals surface area contributed by atoms with Gasteiger partial charge in [-0.2, -0.15) is 0 Å². The normalized spacial score (nSPS) is 14.6. The van der Waals surface area contributed by atoms with E-state index in [1.165, 1.54) is 16.7 Å². The number of aromatic nitrogens is 1. The van der Waals surface area contributed by atoms with Crippen LogP contribution in [0.2, 0.25) is 0 Å². The van der Waals surface area contributed by atoms with Crippen molar-refractivity contribution < 1.29 is 5.11 Å². The number of anilines is 1. The average molecular weight is 320 g/mol. The van der Waals surface area contributed by atoms with Crippen LogP contribution in [-0.2, 0) is 12.8 Å². The van der Waals surface area contributed by atoms with E-state index >= 15 is 0 Å². The van der Waals surface area contributed by atoms with Gasteiger partial charge < -0.3 is 16.6 Å². The lowest BCUT2D eigenvalue weighted by molar-refractivity contribution is 0.452. The molecule has 0 radical (unpaired) electrons. The minimum absolute atomic E-state index is 0.00955. The molecule has 2 aromatic rings. The lowest BCUT2D eigenvalue weighted by Gasteiger charge is -2.23. The van der Waals surface area contributed by atoms with Crippen molar-refractivity contribution in [3.05, 3.63) is 62.9 Å². The van der Waals surface area contributed by atoms with Crippen LogP contribution in [0, 0.1) is 6.92 Å². The Morgan fingerprint density at radius 3 is 2.92 bits per heavy atom. The fraction of sp³-hybridized carbons (Fsp3) is 0.263. The number of aromatic hydroxyl groups is 1. The lowest BCUT2D eigenvalue weighted by atomic mass is 9.82. The molecule has 24 heavy (non-hydrogen) atoms. The molecule has 0 spiro atoms. The van der Waals surface area contributed by atoms with E-state index in [0.29, 0.717) is 6.54 Å². The fourth-order valence-corrected chi connectivity index (χ4v) is 3.70. The summed E-state index contributed by atoms with van der Waals surface area (Å²) in [5.41, 5.74) is 19.7. The Morgan fingerprint density at radius 1 is 1.29 bits per heavy atom. The summed E-state index contributed by atoms with van der Waals surface area (Å²) >= 11 is 0. The van der Waals surface area contributed by atoms with Gasteiger partial charge in [-0.15, -0.1) is 0 Å². The van der Waals surface area contributed by atoms with E-state index in [-0.39, 0.29) is 5.88 Å².